The fraction of sp³-hybridized carbons (Fsp3) is 0.214. The van der Waals surface area contributed by atoms with Crippen LogP contribution in [0.4, 0.5) is 0 Å². The normalized spacial score (nSPS) is 11.1. The molecule has 3 aromatic heterocycles. The average Bonchev–Trinajstić information content (AvgIpc) is 2.86. The molecule has 0 amide bonds. The Labute approximate surface area is 114 Å². The monoisotopic (exact) mass is 270 g/mol. The molecule has 6 heteroatoms. The molecule has 3 heterocycles. The van der Waals surface area contributed by atoms with Crippen molar-refractivity contribution >= 4 is 5.65 Å². The first-order valence-electron chi connectivity index (χ1n) is 6.42. The highest BCUT2D eigenvalue weighted by Gasteiger charge is 2.07. The van der Waals surface area contributed by atoms with Crippen LogP contribution in [-0.4, -0.2) is 18.5 Å². The molecule has 20 heavy (non-hydrogen) atoms. The number of aryl methyl sites for hydroxylation is 1. The molecule has 0 bridgehead atoms. The lowest BCUT2D eigenvalue weighted by Gasteiger charge is -2.06. The number of hydrogen-bond acceptors (Lipinski definition) is 3. The summed E-state index contributed by atoms with van der Waals surface area (Å²) in [5, 5.41) is 0. The summed E-state index contributed by atoms with van der Waals surface area (Å²) in [6, 6.07) is 7.07. The molecule has 6 nitrogen and oxygen atoms in total. The van der Waals surface area contributed by atoms with E-state index < -0.39 is 0 Å². The number of rotatable bonds is 3. The minimum atomic E-state index is -0.309. The Hall–Kier alpha value is -2.63. The van der Waals surface area contributed by atoms with E-state index in [1.807, 2.05) is 41.9 Å². The summed E-state index contributed by atoms with van der Waals surface area (Å²) >= 11 is 0. The SMILES string of the molecule is CCn1ccc(=O)n(Cc2cn3ccccc3n2)c1=O. The van der Waals surface area contributed by atoms with Crippen molar-refractivity contribution in [3.05, 3.63) is 69.4 Å². The van der Waals surface area contributed by atoms with Crippen LogP contribution < -0.4 is 11.2 Å². The van der Waals surface area contributed by atoms with Gasteiger partial charge in [-0.2, -0.15) is 0 Å². The lowest BCUT2D eigenvalue weighted by Crippen LogP contribution is -2.39. The molecule has 0 aromatic carbocycles. The molecule has 0 saturated carbocycles. The van der Waals surface area contributed by atoms with Crippen LogP contribution in [-0.2, 0) is 13.1 Å². The van der Waals surface area contributed by atoms with Crippen LogP contribution in [0.2, 0.25) is 0 Å². The smallest absolute Gasteiger partial charge is 0.307 e. The molecule has 0 saturated heterocycles. The van der Waals surface area contributed by atoms with Crippen molar-refractivity contribution < 1.29 is 0 Å². The minimum Gasteiger partial charge on any atom is -0.307 e. The van der Waals surface area contributed by atoms with E-state index in [0.29, 0.717) is 12.2 Å². The molecule has 0 fully saturated rings. The molecule has 3 rings (SSSR count). The minimum absolute atomic E-state index is 0.181. The second kappa shape index (κ2) is 4.80. The van der Waals surface area contributed by atoms with E-state index >= 15 is 0 Å². The van der Waals surface area contributed by atoms with Gasteiger partial charge in [-0.25, -0.2) is 9.78 Å². The quantitative estimate of drug-likeness (QED) is 0.704. The van der Waals surface area contributed by atoms with Gasteiger partial charge in [-0.3, -0.25) is 9.36 Å². The highest BCUT2D eigenvalue weighted by atomic mass is 16.2. The van der Waals surface area contributed by atoms with Gasteiger partial charge in [-0.1, -0.05) is 6.07 Å². The zero-order valence-corrected chi connectivity index (χ0v) is 11.1. The number of pyridine rings is 1. The van der Waals surface area contributed by atoms with Crippen LogP contribution in [0.1, 0.15) is 12.6 Å². The number of imidazole rings is 1. The Kier molecular flexibility index (Phi) is 2.98. The van der Waals surface area contributed by atoms with Crippen LogP contribution >= 0.6 is 0 Å². The number of fused-ring (bicyclic) bond motifs is 1. The zero-order chi connectivity index (χ0) is 14.1. The lowest BCUT2D eigenvalue weighted by molar-refractivity contribution is 0.596. The maximum Gasteiger partial charge on any atom is 0.331 e. The van der Waals surface area contributed by atoms with Crippen LogP contribution in [0, 0.1) is 0 Å². The van der Waals surface area contributed by atoms with E-state index in [0.717, 1.165) is 5.65 Å². The summed E-state index contributed by atoms with van der Waals surface area (Å²) in [4.78, 5) is 28.4. The fourth-order valence-corrected chi connectivity index (χ4v) is 2.17. The van der Waals surface area contributed by atoms with Crippen molar-refractivity contribution in [2.45, 2.75) is 20.0 Å². The predicted molar refractivity (Wildman–Crippen MR) is 74.9 cm³/mol. The Balaban J connectivity index is 2.07. The van der Waals surface area contributed by atoms with Crippen LogP contribution in [0.5, 0.6) is 0 Å². The van der Waals surface area contributed by atoms with Gasteiger partial charge >= 0.3 is 5.69 Å². The average molecular weight is 270 g/mol. The third kappa shape index (κ3) is 2.05. The van der Waals surface area contributed by atoms with Crippen molar-refractivity contribution in [1.29, 1.82) is 0 Å². The van der Waals surface area contributed by atoms with Gasteiger partial charge in [0.1, 0.15) is 5.65 Å². The second-order valence-electron chi connectivity index (χ2n) is 4.51. The van der Waals surface area contributed by atoms with Crippen LogP contribution in [0.25, 0.3) is 5.65 Å². The van der Waals surface area contributed by atoms with Gasteiger partial charge in [-0.15, -0.1) is 0 Å². The highest BCUT2D eigenvalue weighted by molar-refractivity contribution is 5.39. The van der Waals surface area contributed by atoms with Gasteiger partial charge in [-0.05, 0) is 19.1 Å². The van der Waals surface area contributed by atoms with Crippen LogP contribution in [0.15, 0.2) is 52.4 Å². The van der Waals surface area contributed by atoms with Gasteiger partial charge in [0.05, 0.1) is 12.2 Å². The van der Waals surface area contributed by atoms with E-state index in [1.165, 1.54) is 21.4 Å². The molecule has 0 radical (unpaired) electrons. The van der Waals surface area contributed by atoms with Gasteiger partial charge in [0.25, 0.3) is 5.56 Å². The first kappa shape index (κ1) is 12.4. The largest absolute Gasteiger partial charge is 0.331 e. The van der Waals surface area contributed by atoms with Crippen molar-refractivity contribution in [3.63, 3.8) is 0 Å². The number of hydrogen-bond donors (Lipinski definition) is 0. The molecular weight excluding hydrogens is 256 g/mol. The number of nitrogens with zero attached hydrogens (tertiary/aromatic N) is 4. The first-order valence-corrected chi connectivity index (χ1v) is 6.42. The Morgan fingerprint density at radius 2 is 2.00 bits per heavy atom. The molecule has 0 spiro atoms. The summed E-state index contributed by atoms with van der Waals surface area (Å²) in [6.45, 7) is 2.57. The maximum absolute atomic E-state index is 12.1. The van der Waals surface area contributed by atoms with E-state index in [9.17, 15) is 9.59 Å². The molecule has 0 atom stereocenters. The van der Waals surface area contributed by atoms with E-state index in [-0.39, 0.29) is 17.8 Å². The summed E-state index contributed by atoms with van der Waals surface area (Å²) < 4.78 is 4.56. The lowest BCUT2D eigenvalue weighted by atomic mass is 10.4. The third-order valence-corrected chi connectivity index (χ3v) is 3.21. The Morgan fingerprint density at radius 1 is 1.15 bits per heavy atom. The fourth-order valence-electron chi connectivity index (χ4n) is 2.17. The molecule has 102 valence electrons. The Bertz CT molecular complexity index is 840. The standard InChI is InChI=1S/C14H14N4O2/c1-2-16-8-6-13(19)18(14(16)20)10-11-9-17-7-4-3-5-12(17)15-11/h3-9H,2,10H2,1H3. The summed E-state index contributed by atoms with van der Waals surface area (Å²) in [5.41, 5.74) is 0.861. The number of aromatic nitrogens is 4. The summed E-state index contributed by atoms with van der Waals surface area (Å²) in [5.74, 6) is 0. The van der Waals surface area contributed by atoms with Gasteiger partial charge in [0, 0.05) is 31.2 Å². The third-order valence-electron chi connectivity index (χ3n) is 3.21. The molecule has 0 aliphatic rings. The van der Waals surface area contributed by atoms with Gasteiger partial charge in [0.2, 0.25) is 0 Å². The summed E-state index contributed by atoms with van der Waals surface area (Å²) in [6.07, 6.45) is 5.22. The molecule has 0 aliphatic heterocycles. The topological polar surface area (TPSA) is 61.3 Å². The van der Waals surface area contributed by atoms with Gasteiger partial charge in [0.15, 0.2) is 0 Å². The van der Waals surface area contributed by atoms with E-state index in [2.05, 4.69) is 4.98 Å². The molecule has 0 aliphatic carbocycles. The highest BCUT2D eigenvalue weighted by Crippen LogP contribution is 2.04. The zero-order valence-electron chi connectivity index (χ0n) is 11.1. The van der Waals surface area contributed by atoms with E-state index in [4.69, 9.17) is 0 Å². The Morgan fingerprint density at radius 3 is 2.75 bits per heavy atom. The molecule has 3 aromatic rings. The molecular formula is C14H14N4O2. The summed E-state index contributed by atoms with van der Waals surface area (Å²) in [7, 11) is 0. The molecule has 0 unspecified atom stereocenters. The van der Waals surface area contributed by atoms with Crippen molar-refractivity contribution in [2.24, 2.45) is 0 Å². The van der Waals surface area contributed by atoms with E-state index in [1.54, 1.807) is 0 Å². The second-order valence-corrected chi connectivity index (χ2v) is 4.51. The van der Waals surface area contributed by atoms with Crippen molar-refractivity contribution in [2.75, 3.05) is 0 Å². The van der Waals surface area contributed by atoms with Gasteiger partial charge < -0.3 is 8.97 Å². The predicted octanol–water partition coefficient (Wildman–Crippen LogP) is 0.726. The molecule has 0 N–H and O–H groups in total. The van der Waals surface area contributed by atoms with Crippen LogP contribution in [0.3, 0.4) is 0 Å². The van der Waals surface area contributed by atoms with Crippen molar-refractivity contribution in [1.82, 2.24) is 18.5 Å². The van der Waals surface area contributed by atoms with Crippen molar-refractivity contribution in [3.8, 4) is 0 Å². The first-order chi connectivity index (χ1) is 9.69. The maximum atomic E-state index is 12.1.